The Hall–Kier alpha value is -2.15. The Kier molecular flexibility index (Phi) is 7.04. The van der Waals surface area contributed by atoms with Gasteiger partial charge in [0.15, 0.2) is 5.13 Å². The molecule has 0 saturated heterocycles. The molecule has 0 spiro atoms. The van der Waals surface area contributed by atoms with Gasteiger partial charge in [-0.05, 0) is 43.4 Å². The molecule has 0 atom stereocenters. The van der Waals surface area contributed by atoms with Crippen molar-refractivity contribution in [1.29, 1.82) is 0 Å². The molecule has 3 rings (SSSR count). The summed E-state index contributed by atoms with van der Waals surface area (Å²) >= 11 is 1.50. The number of amides is 3. The van der Waals surface area contributed by atoms with Crippen molar-refractivity contribution in [3.63, 3.8) is 0 Å². The molecule has 1 aromatic heterocycles. The normalized spacial score (nSPS) is 14.9. The average molecular weight is 389 g/mol. The lowest BCUT2D eigenvalue weighted by molar-refractivity contribution is -0.116. The molecule has 1 aliphatic carbocycles. The first-order valence-corrected chi connectivity index (χ1v) is 10.7. The van der Waals surface area contributed by atoms with Crippen molar-refractivity contribution in [2.75, 3.05) is 11.9 Å². The van der Waals surface area contributed by atoms with Crippen molar-refractivity contribution >= 4 is 38.6 Å². The number of benzene rings is 1. The van der Waals surface area contributed by atoms with Crippen LogP contribution in [-0.2, 0) is 11.2 Å². The van der Waals surface area contributed by atoms with Crippen LogP contribution in [0.1, 0.15) is 57.4 Å². The molecule has 6 nitrogen and oxygen atoms in total. The number of carbonyl (C=O) groups is 2. The lowest BCUT2D eigenvalue weighted by Crippen LogP contribution is -2.43. The highest BCUT2D eigenvalue weighted by molar-refractivity contribution is 7.22. The maximum absolute atomic E-state index is 12.1. The van der Waals surface area contributed by atoms with Crippen molar-refractivity contribution in [3.8, 4) is 0 Å². The Morgan fingerprint density at radius 1 is 1.22 bits per heavy atom. The van der Waals surface area contributed by atoms with E-state index in [2.05, 4.69) is 40.0 Å². The molecule has 1 aliphatic rings. The molecular formula is C20H28N4O2S. The SMILES string of the molecule is CCc1ccc2nc(NC(=O)CCCNC(=O)NC3CCCCC3)sc2c1. The van der Waals surface area contributed by atoms with Crippen LogP contribution in [0.2, 0.25) is 0 Å². The minimum absolute atomic E-state index is 0.0701. The summed E-state index contributed by atoms with van der Waals surface area (Å²) in [6.45, 7) is 2.61. The van der Waals surface area contributed by atoms with Gasteiger partial charge in [0.25, 0.3) is 0 Å². The maximum atomic E-state index is 12.1. The molecule has 0 unspecified atom stereocenters. The van der Waals surface area contributed by atoms with E-state index in [-0.39, 0.29) is 11.9 Å². The number of hydrogen-bond acceptors (Lipinski definition) is 4. The second kappa shape index (κ2) is 9.69. The number of aromatic nitrogens is 1. The van der Waals surface area contributed by atoms with Crippen LogP contribution in [0.15, 0.2) is 18.2 Å². The summed E-state index contributed by atoms with van der Waals surface area (Å²) in [5, 5.41) is 9.35. The molecule has 146 valence electrons. The maximum Gasteiger partial charge on any atom is 0.315 e. The van der Waals surface area contributed by atoms with Gasteiger partial charge in [-0.3, -0.25) is 4.79 Å². The van der Waals surface area contributed by atoms with Crippen LogP contribution in [0.25, 0.3) is 10.2 Å². The molecule has 3 amide bonds. The van der Waals surface area contributed by atoms with E-state index < -0.39 is 0 Å². The summed E-state index contributed by atoms with van der Waals surface area (Å²) < 4.78 is 1.09. The molecular weight excluding hydrogens is 360 g/mol. The van der Waals surface area contributed by atoms with E-state index in [1.54, 1.807) is 0 Å². The highest BCUT2D eigenvalue weighted by atomic mass is 32.1. The molecule has 1 heterocycles. The predicted octanol–water partition coefficient (Wildman–Crippen LogP) is 4.21. The number of nitrogens with zero attached hydrogens (tertiary/aromatic N) is 1. The van der Waals surface area contributed by atoms with Crippen molar-refractivity contribution in [3.05, 3.63) is 23.8 Å². The van der Waals surface area contributed by atoms with Gasteiger partial charge in [0, 0.05) is 19.0 Å². The van der Waals surface area contributed by atoms with Gasteiger partial charge in [0.2, 0.25) is 5.91 Å². The zero-order chi connectivity index (χ0) is 19.1. The standard InChI is InChI=1S/C20H28N4O2S/c1-2-14-10-11-16-17(13-14)27-20(23-16)24-18(25)9-6-12-21-19(26)22-15-7-4-3-5-8-15/h10-11,13,15H,2-9,12H2,1H3,(H2,21,22,26)(H,23,24,25). The van der Waals surface area contributed by atoms with E-state index in [1.807, 2.05) is 6.07 Å². The number of nitrogens with one attached hydrogen (secondary N) is 3. The largest absolute Gasteiger partial charge is 0.338 e. The monoisotopic (exact) mass is 388 g/mol. The number of aryl methyl sites for hydroxylation is 1. The molecule has 0 bridgehead atoms. The Morgan fingerprint density at radius 2 is 2.04 bits per heavy atom. The van der Waals surface area contributed by atoms with Crippen LogP contribution < -0.4 is 16.0 Å². The van der Waals surface area contributed by atoms with E-state index in [0.29, 0.717) is 30.6 Å². The van der Waals surface area contributed by atoms with Crippen LogP contribution in [0.5, 0.6) is 0 Å². The third kappa shape index (κ3) is 5.92. The molecule has 0 radical (unpaired) electrons. The smallest absolute Gasteiger partial charge is 0.315 e. The fourth-order valence-electron chi connectivity index (χ4n) is 3.36. The lowest BCUT2D eigenvalue weighted by Gasteiger charge is -2.22. The fraction of sp³-hybridized carbons (Fsp3) is 0.550. The number of anilines is 1. The third-order valence-electron chi connectivity index (χ3n) is 4.91. The summed E-state index contributed by atoms with van der Waals surface area (Å²) in [4.78, 5) is 28.4. The average Bonchev–Trinajstić information content (AvgIpc) is 3.07. The fourth-order valence-corrected chi connectivity index (χ4v) is 4.30. The van der Waals surface area contributed by atoms with Crippen LogP contribution in [-0.4, -0.2) is 29.5 Å². The van der Waals surface area contributed by atoms with Crippen LogP contribution in [0.3, 0.4) is 0 Å². The van der Waals surface area contributed by atoms with Gasteiger partial charge >= 0.3 is 6.03 Å². The van der Waals surface area contributed by atoms with Gasteiger partial charge in [-0.2, -0.15) is 0 Å². The van der Waals surface area contributed by atoms with Gasteiger partial charge < -0.3 is 16.0 Å². The van der Waals surface area contributed by atoms with E-state index in [4.69, 9.17) is 0 Å². The van der Waals surface area contributed by atoms with Gasteiger partial charge in [0.1, 0.15) is 0 Å². The third-order valence-corrected chi connectivity index (χ3v) is 5.85. The van der Waals surface area contributed by atoms with Crippen LogP contribution in [0, 0.1) is 0 Å². The minimum atomic E-state index is -0.125. The molecule has 3 N–H and O–H groups in total. The quantitative estimate of drug-likeness (QED) is 0.621. The Bertz CT molecular complexity index is 783. The van der Waals surface area contributed by atoms with Crippen molar-refractivity contribution in [2.45, 2.75) is 64.3 Å². The molecule has 7 heteroatoms. The number of hydrogen-bond donors (Lipinski definition) is 3. The summed E-state index contributed by atoms with van der Waals surface area (Å²) in [6, 6.07) is 6.36. The summed E-state index contributed by atoms with van der Waals surface area (Å²) in [5.41, 5.74) is 2.18. The summed E-state index contributed by atoms with van der Waals surface area (Å²) in [5.74, 6) is -0.0701. The van der Waals surface area contributed by atoms with E-state index in [0.717, 1.165) is 29.5 Å². The first kappa shape index (κ1) is 19.6. The van der Waals surface area contributed by atoms with E-state index >= 15 is 0 Å². The van der Waals surface area contributed by atoms with Gasteiger partial charge in [-0.25, -0.2) is 9.78 Å². The first-order valence-electron chi connectivity index (χ1n) is 9.87. The van der Waals surface area contributed by atoms with E-state index in [1.165, 1.54) is 36.2 Å². The second-order valence-electron chi connectivity index (χ2n) is 7.06. The predicted molar refractivity (Wildman–Crippen MR) is 110 cm³/mol. The molecule has 1 fully saturated rings. The number of urea groups is 1. The topological polar surface area (TPSA) is 83.1 Å². The number of rotatable bonds is 7. The van der Waals surface area contributed by atoms with Gasteiger partial charge in [-0.1, -0.05) is 43.6 Å². The minimum Gasteiger partial charge on any atom is -0.338 e. The molecule has 1 saturated carbocycles. The zero-order valence-electron chi connectivity index (χ0n) is 15.8. The first-order chi connectivity index (χ1) is 13.1. The highest BCUT2D eigenvalue weighted by Crippen LogP contribution is 2.27. The Morgan fingerprint density at radius 3 is 2.81 bits per heavy atom. The van der Waals surface area contributed by atoms with Crippen molar-refractivity contribution in [1.82, 2.24) is 15.6 Å². The summed E-state index contributed by atoms with van der Waals surface area (Å²) in [6.07, 6.45) is 7.73. The molecule has 27 heavy (non-hydrogen) atoms. The number of carbonyl (C=O) groups excluding carboxylic acids is 2. The second-order valence-corrected chi connectivity index (χ2v) is 8.09. The van der Waals surface area contributed by atoms with Crippen molar-refractivity contribution in [2.24, 2.45) is 0 Å². The number of fused-ring (bicyclic) bond motifs is 1. The zero-order valence-corrected chi connectivity index (χ0v) is 16.7. The lowest BCUT2D eigenvalue weighted by atomic mass is 9.96. The molecule has 1 aromatic carbocycles. The number of thiazole rings is 1. The molecule has 0 aliphatic heterocycles. The molecule has 2 aromatic rings. The van der Waals surface area contributed by atoms with Crippen LogP contribution in [0.4, 0.5) is 9.93 Å². The van der Waals surface area contributed by atoms with Gasteiger partial charge in [-0.15, -0.1) is 0 Å². The highest BCUT2D eigenvalue weighted by Gasteiger charge is 2.15. The Labute approximate surface area is 164 Å². The van der Waals surface area contributed by atoms with Crippen LogP contribution >= 0.6 is 11.3 Å². The van der Waals surface area contributed by atoms with E-state index in [9.17, 15) is 9.59 Å². The van der Waals surface area contributed by atoms with Crippen molar-refractivity contribution < 1.29 is 9.59 Å². The Balaban J connectivity index is 1.36. The van der Waals surface area contributed by atoms with Gasteiger partial charge in [0.05, 0.1) is 10.2 Å². The summed E-state index contributed by atoms with van der Waals surface area (Å²) in [7, 11) is 0.